The van der Waals surface area contributed by atoms with Crippen molar-refractivity contribution >= 4 is 0 Å². The Bertz CT molecular complexity index is 284. The van der Waals surface area contributed by atoms with Gasteiger partial charge in [-0.25, -0.2) is 4.98 Å². The second-order valence-electron chi connectivity index (χ2n) is 2.21. The summed E-state index contributed by atoms with van der Waals surface area (Å²) < 4.78 is 0. The van der Waals surface area contributed by atoms with Crippen molar-refractivity contribution in [3.05, 3.63) is 29.1 Å². The first kappa shape index (κ1) is 10.6. The van der Waals surface area contributed by atoms with Crippen LogP contribution >= 0.6 is 0 Å². The first-order valence-corrected chi connectivity index (χ1v) is 4.08. The van der Waals surface area contributed by atoms with Crippen molar-refractivity contribution in [2.75, 3.05) is 0 Å². The van der Waals surface area contributed by atoms with Crippen molar-refractivity contribution in [2.45, 2.75) is 27.7 Å². The van der Waals surface area contributed by atoms with Gasteiger partial charge in [0.1, 0.15) is 11.8 Å². The molecule has 0 aromatic carbocycles. The fourth-order valence-corrected chi connectivity index (χ4v) is 0.693. The van der Waals surface area contributed by atoms with Crippen molar-refractivity contribution in [1.29, 1.82) is 5.26 Å². The lowest BCUT2D eigenvalue weighted by atomic mass is 10.2. The van der Waals surface area contributed by atoms with Crippen LogP contribution in [0.1, 0.15) is 30.8 Å². The molecule has 0 saturated carbocycles. The summed E-state index contributed by atoms with van der Waals surface area (Å²) in [6.07, 6.45) is 0. The summed E-state index contributed by atoms with van der Waals surface area (Å²) in [6.45, 7) is 7.87. The predicted octanol–water partition coefficient (Wildman–Crippen LogP) is 2.60. The van der Waals surface area contributed by atoms with Crippen molar-refractivity contribution < 1.29 is 0 Å². The van der Waals surface area contributed by atoms with E-state index in [0.29, 0.717) is 5.69 Å². The minimum absolute atomic E-state index is 0.489. The first-order valence-electron chi connectivity index (χ1n) is 4.08. The molecule has 1 aromatic heterocycles. The average molecular weight is 162 g/mol. The van der Waals surface area contributed by atoms with Crippen LogP contribution in [0.15, 0.2) is 12.1 Å². The Morgan fingerprint density at radius 3 is 2.25 bits per heavy atom. The Balaban J connectivity index is 0.000000561. The third-order valence-electron chi connectivity index (χ3n) is 1.46. The van der Waals surface area contributed by atoms with Gasteiger partial charge in [0.05, 0.1) is 0 Å². The molecule has 0 radical (unpaired) electrons. The summed E-state index contributed by atoms with van der Waals surface area (Å²) in [5.74, 6) is 0. The van der Waals surface area contributed by atoms with Crippen molar-refractivity contribution in [2.24, 2.45) is 0 Å². The van der Waals surface area contributed by atoms with Gasteiger partial charge in [-0.2, -0.15) is 5.26 Å². The summed E-state index contributed by atoms with van der Waals surface area (Å²) in [6, 6.07) is 5.61. The van der Waals surface area contributed by atoms with Gasteiger partial charge in [-0.15, -0.1) is 0 Å². The predicted molar refractivity (Wildman–Crippen MR) is 49.8 cm³/mol. The van der Waals surface area contributed by atoms with E-state index in [2.05, 4.69) is 4.98 Å². The second kappa shape index (κ2) is 5.31. The SMILES string of the molecule is CC.Cc1ccc(C#N)nc1C. The van der Waals surface area contributed by atoms with Crippen molar-refractivity contribution in [3.63, 3.8) is 0 Å². The first-order chi connectivity index (χ1) is 5.74. The van der Waals surface area contributed by atoms with Gasteiger partial charge in [0, 0.05) is 5.69 Å². The summed E-state index contributed by atoms with van der Waals surface area (Å²) >= 11 is 0. The number of rotatable bonds is 0. The maximum Gasteiger partial charge on any atom is 0.140 e. The molecule has 0 spiro atoms. The molecule has 0 bridgehead atoms. The zero-order valence-electron chi connectivity index (χ0n) is 8.05. The van der Waals surface area contributed by atoms with E-state index in [9.17, 15) is 0 Å². The second-order valence-corrected chi connectivity index (χ2v) is 2.21. The molecule has 1 aromatic rings. The van der Waals surface area contributed by atoms with Crippen LogP contribution in [0, 0.1) is 25.2 Å². The Morgan fingerprint density at radius 1 is 1.25 bits per heavy atom. The van der Waals surface area contributed by atoms with Gasteiger partial charge in [-0.1, -0.05) is 19.9 Å². The van der Waals surface area contributed by atoms with E-state index in [4.69, 9.17) is 5.26 Å². The Labute approximate surface area is 73.9 Å². The molecule has 0 aliphatic heterocycles. The minimum Gasteiger partial charge on any atom is -0.242 e. The molecule has 0 fully saturated rings. The zero-order chi connectivity index (χ0) is 9.56. The number of pyridine rings is 1. The van der Waals surface area contributed by atoms with Gasteiger partial charge in [0.2, 0.25) is 0 Å². The van der Waals surface area contributed by atoms with Crippen LogP contribution in [-0.2, 0) is 0 Å². The van der Waals surface area contributed by atoms with E-state index in [1.54, 1.807) is 6.07 Å². The molecule has 0 atom stereocenters. The topological polar surface area (TPSA) is 36.7 Å². The van der Waals surface area contributed by atoms with Crippen LogP contribution in [0.3, 0.4) is 0 Å². The zero-order valence-corrected chi connectivity index (χ0v) is 8.05. The molecule has 2 nitrogen and oxygen atoms in total. The minimum atomic E-state index is 0.489. The van der Waals surface area contributed by atoms with Crippen LogP contribution in [0.4, 0.5) is 0 Å². The molecule has 1 heterocycles. The number of nitriles is 1. The largest absolute Gasteiger partial charge is 0.242 e. The van der Waals surface area contributed by atoms with Gasteiger partial charge in [-0.05, 0) is 25.5 Å². The number of hydrogen-bond acceptors (Lipinski definition) is 2. The fourth-order valence-electron chi connectivity index (χ4n) is 0.693. The van der Waals surface area contributed by atoms with E-state index in [-0.39, 0.29) is 0 Å². The molecule has 0 saturated heterocycles. The van der Waals surface area contributed by atoms with Crippen LogP contribution in [0.5, 0.6) is 0 Å². The quantitative estimate of drug-likeness (QED) is 0.588. The van der Waals surface area contributed by atoms with E-state index >= 15 is 0 Å². The summed E-state index contributed by atoms with van der Waals surface area (Å²) in [5, 5.41) is 8.44. The smallest absolute Gasteiger partial charge is 0.140 e. The molecule has 0 N–H and O–H groups in total. The molecule has 12 heavy (non-hydrogen) atoms. The van der Waals surface area contributed by atoms with Gasteiger partial charge < -0.3 is 0 Å². The van der Waals surface area contributed by atoms with Gasteiger partial charge in [-0.3, -0.25) is 0 Å². The third kappa shape index (κ3) is 2.71. The maximum atomic E-state index is 8.44. The van der Waals surface area contributed by atoms with Crippen LogP contribution < -0.4 is 0 Å². The van der Waals surface area contributed by atoms with Gasteiger partial charge in [0.25, 0.3) is 0 Å². The summed E-state index contributed by atoms with van der Waals surface area (Å²) in [5.41, 5.74) is 2.54. The highest BCUT2D eigenvalue weighted by Gasteiger charge is 1.94. The van der Waals surface area contributed by atoms with Crippen LogP contribution in [0.25, 0.3) is 0 Å². The highest BCUT2D eigenvalue weighted by Crippen LogP contribution is 2.03. The molecule has 64 valence electrons. The monoisotopic (exact) mass is 162 g/mol. The van der Waals surface area contributed by atoms with Crippen molar-refractivity contribution in [3.8, 4) is 6.07 Å². The average Bonchev–Trinajstić information content (AvgIpc) is 2.13. The van der Waals surface area contributed by atoms with Gasteiger partial charge >= 0.3 is 0 Å². The lowest BCUT2D eigenvalue weighted by molar-refractivity contribution is 1.12. The standard InChI is InChI=1S/C8H8N2.C2H6/c1-6-3-4-8(5-9)10-7(6)2;1-2/h3-4H,1-2H3;1-2H3. The number of aromatic nitrogens is 1. The summed E-state index contributed by atoms with van der Waals surface area (Å²) in [4.78, 5) is 4.03. The fraction of sp³-hybridized carbons (Fsp3) is 0.400. The van der Waals surface area contributed by atoms with E-state index in [0.717, 1.165) is 11.3 Å². The maximum absolute atomic E-state index is 8.44. The molecule has 1 rings (SSSR count). The summed E-state index contributed by atoms with van der Waals surface area (Å²) in [7, 11) is 0. The van der Waals surface area contributed by atoms with Crippen LogP contribution in [0.2, 0.25) is 0 Å². The number of aryl methyl sites for hydroxylation is 2. The number of hydrogen-bond donors (Lipinski definition) is 0. The molecule has 0 amide bonds. The van der Waals surface area contributed by atoms with E-state index in [1.807, 2.05) is 39.8 Å². The molecule has 0 aliphatic rings. The number of nitrogens with zero attached hydrogens (tertiary/aromatic N) is 2. The third-order valence-corrected chi connectivity index (χ3v) is 1.46. The Morgan fingerprint density at radius 2 is 1.83 bits per heavy atom. The normalized spacial score (nSPS) is 7.92. The molecule has 2 heteroatoms. The molecule has 0 unspecified atom stereocenters. The van der Waals surface area contributed by atoms with E-state index < -0.39 is 0 Å². The van der Waals surface area contributed by atoms with E-state index in [1.165, 1.54) is 0 Å². The molecule has 0 aliphatic carbocycles. The lowest BCUT2D eigenvalue weighted by Gasteiger charge is -1.95. The van der Waals surface area contributed by atoms with Gasteiger partial charge in [0.15, 0.2) is 0 Å². The highest BCUT2D eigenvalue weighted by molar-refractivity contribution is 5.26. The van der Waals surface area contributed by atoms with Crippen LogP contribution in [-0.4, -0.2) is 4.98 Å². The lowest BCUT2D eigenvalue weighted by Crippen LogP contribution is -1.88. The Hall–Kier alpha value is -1.36. The molecular formula is C10H14N2. The van der Waals surface area contributed by atoms with Crippen molar-refractivity contribution in [1.82, 2.24) is 4.98 Å². The molecular weight excluding hydrogens is 148 g/mol. The highest BCUT2D eigenvalue weighted by atomic mass is 14.7. The Kier molecular flexibility index (Phi) is 4.71.